The Balaban J connectivity index is 1.81. The Hall–Kier alpha value is -1.61. The van der Waals surface area contributed by atoms with Gasteiger partial charge in [0.05, 0.1) is 17.7 Å². The highest BCUT2D eigenvalue weighted by atomic mass is 16.3. The zero-order valence-electron chi connectivity index (χ0n) is 10.3. The molecule has 18 heavy (non-hydrogen) atoms. The molecule has 0 unspecified atom stereocenters. The van der Waals surface area contributed by atoms with Crippen LogP contribution in [0.25, 0.3) is 10.9 Å². The lowest BCUT2D eigenvalue weighted by molar-refractivity contribution is 0.116. The van der Waals surface area contributed by atoms with E-state index in [9.17, 15) is 5.11 Å². The SMILES string of the molecule is O[C@H]1CCCC[C@@H]1Nc1ccc2ccccc2n1. The van der Waals surface area contributed by atoms with Crippen LogP contribution in [-0.4, -0.2) is 22.2 Å². The summed E-state index contributed by atoms with van der Waals surface area (Å²) in [5.74, 6) is 0.861. The van der Waals surface area contributed by atoms with E-state index in [4.69, 9.17) is 0 Å². The van der Waals surface area contributed by atoms with Crippen LogP contribution in [0.5, 0.6) is 0 Å². The molecule has 2 atom stereocenters. The standard InChI is InChI=1S/C15H18N2O/c18-14-8-4-3-7-13(14)17-15-10-9-11-5-1-2-6-12(11)16-15/h1-2,5-6,9-10,13-14,18H,3-4,7-8H2,(H,16,17)/t13-,14-/m0/s1. The van der Waals surface area contributed by atoms with E-state index in [0.717, 1.165) is 36.0 Å². The lowest BCUT2D eigenvalue weighted by Gasteiger charge is -2.28. The summed E-state index contributed by atoms with van der Waals surface area (Å²) in [5, 5.41) is 14.5. The summed E-state index contributed by atoms with van der Waals surface area (Å²) in [7, 11) is 0. The number of rotatable bonds is 2. The van der Waals surface area contributed by atoms with Crippen molar-refractivity contribution in [2.24, 2.45) is 0 Å². The van der Waals surface area contributed by atoms with Crippen LogP contribution in [0, 0.1) is 0 Å². The van der Waals surface area contributed by atoms with Gasteiger partial charge in [-0.05, 0) is 31.0 Å². The van der Waals surface area contributed by atoms with Crippen molar-refractivity contribution in [3.8, 4) is 0 Å². The monoisotopic (exact) mass is 242 g/mol. The quantitative estimate of drug-likeness (QED) is 0.851. The Labute approximate surface area is 107 Å². The van der Waals surface area contributed by atoms with Gasteiger partial charge in [-0.3, -0.25) is 0 Å². The molecule has 2 N–H and O–H groups in total. The van der Waals surface area contributed by atoms with Gasteiger partial charge >= 0.3 is 0 Å². The van der Waals surface area contributed by atoms with E-state index in [1.165, 1.54) is 6.42 Å². The van der Waals surface area contributed by atoms with Gasteiger partial charge in [0.2, 0.25) is 0 Å². The van der Waals surface area contributed by atoms with Gasteiger partial charge in [0.15, 0.2) is 0 Å². The van der Waals surface area contributed by atoms with Crippen molar-refractivity contribution >= 4 is 16.7 Å². The minimum Gasteiger partial charge on any atom is -0.391 e. The number of nitrogens with zero attached hydrogens (tertiary/aromatic N) is 1. The van der Waals surface area contributed by atoms with Crippen LogP contribution in [0.2, 0.25) is 0 Å². The van der Waals surface area contributed by atoms with Gasteiger partial charge in [0.25, 0.3) is 0 Å². The summed E-state index contributed by atoms with van der Waals surface area (Å²) in [6.45, 7) is 0. The van der Waals surface area contributed by atoms with Gasteiger partial charge in [-0.25, -0.2) is 4.98 Å². The molecule has 1 heterocycles. The van der Waals surface area contributed by atoms with Crippen LogP contribution in [0.1, 0.15) is 25.7 Å². The van der Waals surface area contributed by atoms with Crippen LogP contribution >= 0.6 is 0 Å². The summed E-state index contributed by atoms with van der Waals surface area (Å²) in [5.41, 5.74) is 0.993. The van der Waals surface area contributed by atoms with Crippen molar-refractivity contribution in [1.29, 1.82) is 0 Å². The molecule has 1 saturated carbocycles. The molecule has 1 aromatic heterocycles. The van der Waals surface area contributed by atoms with Crippen molar-refractivity contribution in [3.63, 3.8) is 0 Å². The van der Waals surface area contributed by atoms with Crippen LogP contribution in [-0.2, 0) is 0 Å². The van der Waals surface area contributed by atoms with Crippen molar-refractivity contribution in [1.82, 2.24) is 4.98 Å². The van der Waals surface area contributed by atoms with Gasteiger partial charge in [-0.15, -0.1) is 0 Å². The van der Waals surface area contributed by atoms with Gasteiger partial charge in [-0.2, -0.15) is 0 Å². The highest BCUT2D eigenvalue weighted by molar-refractivity contribution is 5.80. The lowest BCUT2D eigenvalue weighted by atomic mass is 9.92. The number of para-hydroxylation sites is 1. The predicted molar refractivity (Wildman–Crippen MR) is 73.6 cm³/mol. The molecule has 0 spiro atoms. The molecule has 1 fully saturated rings. The fourth-order valence-electron chi connectivity index (χ4n) is 2.62. The number of fused-ring (bicyclic) bond motifs is 1. The summed E-state index contributed by atoms with van der Waals surface area (Å²) in [6, 6.07) is 12.3. The van der Waals surface area contributed by atoms with Crippen molar-refractivity contribution in [2.75, 3.05) is 5.32 Å². The van der Waals surface area contributed by atoms with E-state index >= 15 is 0 Å². The van der Waals surface area contributed by atoms with Crippen LogP contribution < -0.4 is 5.32 Å². The summed E-state index contributed by atoms with van der Waals surface area (Å²) in [6.07, 6.45) is 3.99. The molecule has 0 aliphatic heterocycles. The van der Waals surface area contributed by atoms with Crippen molar-refractivity contribution < 1.29 is 5.11 Å². The molecule has 94 valence electrons. The second kappa shape index (κ2) is 4.94. The number of hydrogen-bond acceptors (Lipinski definition) is 3. The molecular weight excluding hydrogens is 224 g/mol. The summed E-state index contributed by atoms with van der Waals surface area (Å²) in [4.78, 5) is 4.58. The molecule has 3 heteroatoms. The number of aliphatic hydroxyl groups is 1. The molecule has 0 radical (unpaired) electrons. The average Bonchev–Trinajstić information content (AvgIpc) is 2.41. The molecule has 0 amide bonds. The minimum absolute atomic E-state index is 0.146. The number of aromatic nitrogens is 1. The van der Waals surface area contributed by atoms with Crippen LogP contribution in [0.4, 0.5) is 5.82 Å². The number of pyridine rings is 1. The molecule has 1 aliphatic rings. The highest BCUT2D eigenvalue weighted by Crippen LogP contribution is 2.22. The normalized spacial score (nSPS) is 24.1. The topological polar surface area (TPSA) is 45.1 Å². The first-order valence-corrected chi connectivity index (χ1v) is 6.63. The van der Waals surface area contributed by atoms with E-state index in [0.29, 0.717) is 0 Å². The first-order chi connectivity index (χ1) is 8.83. The van der Waals surface area contributed by atoms with E-state index in [-0.39, 0.29) is 12.1 Å². The first kappa shape index (κ1) is 11.5. The van der Waals surface area contributed by atoms with E-state index in [1.54, 1.807) is 0 Å². The number of aliphatic hydroxyl groups excluding tert-OH is 1. The molecule has 1 aromatic carbocycles. The third kappa shape index (κ3) is 2.31. The van der Waals surface area contributed by atoms with E-state index in [2.05, 4.69) is 22.4 Å². The maximum absolute atomic E-state index is 9.95. The zero-order valence-corrected chi connectivity index (χ0v) is 10.3. The maximum Gasteiger partial charge on any atom is 0.126 e. The third-order valence-electron chi connectivity index (χ3n) is 3.66. The maximum atomic E-state index is 9.95. The smallest absolute Gasteiger partial charge is 0.126 e. The Kier molecular flexibility index (Phi) is 3.15. The Morgan fingerprint density at radius 3 is 2.78 bits per heavy atom. The van der Waals surface area contributed by atoms with E-state index in [1.807, 2.05) is 24.3 Å². The second-order valence-electron chi connectivity index (χ2n) is 4.99. The molecule has 0 saturated heterocycles. The predicted octanol–water partition coefficient (Wildman–Crippen LogP) is 2.95. The highest BCUT2D eigenvalue weighted by Gasteiger charge is 2.22. The van der Waals surface area contributed by atoms with Crippen molar-refractivity contribution in [3.05, 3.63) is 36.4 Å². The number of hydrogen-bond donors (Lipinski definition) is 2. The molecular formula is C15H18N2O. The van der Waals surface area contributed by atoms with Crippen LogP contribution in [0.3, 0.4) is 0 Å². The largest absolute Gasteiger partial charge is 0.391 e. The first-order valence-electron chi connectivity index (χ1n) is 6.63. The fourth-order valence-corrected chi connectivity index (χ4v) is 2.62. The van der Waals surface area contributed by atoms with Crippen molar-refractivity contribution in [2.45, 2.75) is 37.8 Å². The summed E-state index contributed by atoms with van der Waals surface area (Å²) < 4.78 is 0. The minimum atomic E-state index is -0.243. The Morgan fingerprint density at radius 2 is 1.89 bits per heavy atom. The van der Waals surface area contributed by atoms with E-state index < -0.39 is 0 Å². The third-order valence-corrected chi connectivity index (χ3v) is 3.66. The molecule has 3 nitrogen and oxygen atoms in total. The number of nitrogens with one attached hydrogen (secondary N) is 1. The second-order valence-corrected chi connectivity index (χ2v) is 4.99. The van der Waals surface area contributed by atoms with Gasteiger partial charge in [0, 0.05) is 5.39 Å². The van der Waals surface area contributed by atoms with Gasteiger partial charge in [-0.1, -0.05) is 31.0 Å². The molecule has 2 aromatic rings. The summed E-state index contributed by atoms with van der Waals surface area (Å²) >= 11 is 0. The fraction of sp³-hybridized carbons (Fsp3) is 0.400. The lowest BCUT2D eigenvalue weighted by Crippen LogP contribution is -2.36. The van der Waals surface area contributed by atoms with Crippen LogP contribution in [0.15, 0.2) is 36.4 Å². The molecule has 3 rings (SSSR count). The van der Waals surface area contributed by atoms with Gasteiger partial charge < -0.3 is 10.4 Å². The number of benzene rings is 1. The Bertz CT molecular complexity index is 541. The van der Waals surface area contributed by atoms with Gasteiger partial charge in [0.1, 0.15) is 5.82 Å². The molecule has 0 bridgehead atoms. The zero-order chi connectivity index (χ0) is 12.4. The number of anilines is 1. The Morgan fingerprint density at radius 1 is 1.06 bits per heavy atom. The average molecular weight is 242 g/mol. The molecule has 1 aliphatic carbocycles.